The van der Waals surface area contributed by atoms with Gasteiger partial charge in [0.1, 0.15) is 5.69 Å². The monoisotopic (exact) mass is 280 g/mol. The van der Waals surface area contributed by atoms with Crippen LogP contribution in [-0.2, 0) is 0 Å². The second-order valence-electron chi connectivity index (χ2n) is 4.09. The molecule has 1 rings (SSSR count). The number of halogens is 2. The highest BCUT2D eigenvalue weighted by molar-refractivity contribution is 5.92. The fourth-order valence-corrected chi connectivity index (χ4v) is 0.932. The maximum atomic E-state index is 11.7. The van der Waals surface area contributed by atoms with Gasteiger partial charge in [-0.25, -0.2) is 4.98 Å². The zero-order valence-corrected chi connectivity index (χ0v) is 11.7. The quantitative estimate of drug-likeness (QED) is 0.869. The molecule has 0 aromatic carbocycles. The molecule has 1 heterocycles. The summed E-state index contributed by atoms with van der Waals surface area (Å²) in [6.07, 6.45) is 3.02. The normalized spacial score (nSPS) is 9.88. The molecule has 98 valence electrons. The van der Waals surface area contributed by atoms with E-state index in [1.54, 1.807) is 6.20 Å². The third kappa shape index (κ3) is 5.81. The molecule has 1 amide bonds. The van der Waals surface area contributed by atoms with Gasteiger partial charge in [-0.15, -0.1) is 24.8 Å². The zero-order valence-electron chi connectivity index (χ0n) is 10.1. The Balaban J connectivity index is 0. The number of nitrogens with zero attached hydrogens (tertiary/aromatic N) is 2. The molecule has 5 nitrogen and oxygen atoms in total. The van der Waals surface area contributed by atoms with Crippen LogP contribution in [0.5, 0.6) is 0 Å². The lowest BCUT2D eigenvalue weighted by Crippen LogP contribution is -2.49. The van der Waals surface area contributed by atoms with E-state index in [2.05, 4.69) is 15.3 Å². The molecule has 1 aromatic rings. The molecular weight excluding hydrogens is 263 g/mol. The second-order valence-corrected chi connectivity index (χ2v) is 4.09. The van der Waals surface area contributed by atoms with Crippen molar-refractivity contribution in [1.82, 2.24) is 15.3 Å². The topological polar surface area (TPSA) is 80.9 Å². The first kappa shape index (κ1) is 18.5. The van der Waals surface area contributed by atoms with Crippen molar-refractivity contribution in [3.8, 4) is 0 Å². The van der Waals surface area contributed by atoms with Crippen LogP contribution in [0.4, 0.5) is 0 Å². The number of aromatic nitrogens is 2. The molecule has 0 unspecified atom stereocenters. The van der Waals surface area contributed by atoms with Crippen LogP contribution < -0.4 is 11.1 Å². The number of rotatable bonds is 3. The summed E-state index contributed by atoms with van der Waals surface area (Å²) in [5.74, 6) is -0.252. The Morgan fingerprint density at radius 2 is 1.94 bits per heavy atom. The Labute approximate surface area is 113 Å². The zero-order chi connectivity index (χ0) is 11.5. The average Bonchev–Trinajstić information content (AvgIpc) is 2.18. The van der Waals surface area contributed by atoms with Gasteiger partial charge >= 0.3 is 0 Å². The molecule has 0 saturated carbocycles. The molecule has 0 aliphatic heterocycles. The number of amides is 1. The summed E-state index contributed by atoms with van der Waals surface area (Å²) < 4.78 is 0. The van der Waals surface area contributed by atoms with Gasteiger partial charge in [0.15, 0.2) is 0 Å². The van der Waals surface area contributed by atoms with Crippen molar-refractivity contribution in [2.45, 2.75) is 26.3 Å². The van der Waals surface area contributed by atoms with Gasteiger partial charge in [0.25, 0.3) is 5.91 Å². The molecule has 17 heavy (non-hydrogen) atoms. The molecule has 0 saturated heterocycles. The lowest BCUT2D eigenvalue weighted by atomic mass is 10.1. The van der Waals surface area contributed by atoms with Crippen molar-refractivity contribution < 1.29 is 4.79 Å². The third-order valence-corrected chi connectivity index (χ3v) is 1.98. The van der Waals surface area contributed by atoms with E-state index in [1.165, 1.54) is 6.20 Å². The van der Waals surface area contributed by atoms with E-state index in [-0.39, 0.29) is 30.7 Å². The number of hydrogen-bond acceptors (Lipinski definition) is 4. The van der Waals surface area contributed by atoms with E-state index < -0.39 is 5.54 Å². The maximum absolute atomic E-state index is 11.7. The highest BCUT2D eigenvalue weighted by Crippen LogP contribution is 2.01. The summed E-state index contributed by atoms with van der Waals surface area (Å²) in [6, 6.07) is 0. The third-order valence-electron chi connectivity index (χ3n) is 1.98. The predicted molar refractivity (Wildman–Crippen MR) is 71.9 cm³/mol. The minimum Gasteiger partial charge on any atom is -0.345 e. The number of nitrogens with two attached hydrogens (primary N) is 1. The van der Waals surface area contributed by atoms with E-state index in [1.807, 2.05) is 20.8 Å². The largest absolute Gasteiger partial charge is 0.345 e. The summed E-state index contributed by atoms with van der Waals surface area (Å²) >= 11 is 0. The molecule has 0 bridgehead atoms. The van der Waals surface area contributed by atoms with Crippen molar-refractivity contribution in [3.05, 3.63) is 23.8 Å². The molecule has 0 aliphatic rings. The van der Waals surface area contributed by atoms with Crippen molar-refractivity contribution in [3.63, 3.8) is 0 Å². The van der Waals surface area contributed by atoms with Crippen LogP contribution in [-0.4, -0.2) is 28.0 Å². The standard InChI is InChI=1S/C10H16N4O.2ClH/c1-7-4-13-8(5-12-7)9(15)14-10(2,3)6-11;;/h4-5H,6,11H2,1-3H3,(H,14,15);2*1H. The number of nitrogens with one attached hydrogen (secondary N) is 1. The average molecular weight is 281 g/mol. The van der Waals surface area contributed by atoms with Gasteiger partial charge in [0, 0.05) is 18.3 Å². The van der Waals surface area contributed by atoms with Crippen LogP contribution in [0.2, 0.25) is 0 Å². The highest BCUT2D eigenvalue weighted by Gasteiger charge is 2.19. The van der Waals surface area contributed by atoms with E-state index in [0.29, 0.717) is 12.2 Å². The Bertz CT molecular complexity index is 354. The summed E-state index contributed by atoms with van der Waals surface area (Å²) in [7, 11) is 0. The van der Waals surface area contributed by atoms with Crippen LogP contribution >= 0.6 is 24.8 Å². The van der Waals surface area contributed by atoms with Crippen LogP contribution in [0.1, 0.15) is 30.0 Å². The van der Waals surface area contributed by atoms with Gasteiger partial charge in [-0.2, -0.15) is 0 Å². The van der Waals surface area contributed by atoms with Crippen LogP contribution in [0.15, 0.2) is 12.4 Å². The van der Waals surface area contributed by atoms with E-state index in [0.717, 1.165) is 5.69 Å². The highest BCUT2D eigenvalue weighted by atomic mass is 35.5. The van der Waals surface area contributed by atoms with Gasteiger partial charge in [-0.05, 0) is 20.8 Å². The van der Waals surface area contributed by atoms with Crippen LogP contribution in [0.3, 0.4) is 0 Å². The maximum Gasteiger partial charge on any atom is 0.271 e. The Kier molecular flexibility index (Phi) is 8.06. The van der Waals surface area contributed by atoms with Crippen molar-refractivity contribution in [2.75, 3.05) is 6.54 Å². The van der Waals surface area contributed by atoms with Crippen molar-refractivity contribution in [2.24, 2.45) is 5.73 Å². The van der Waals surface area contributed by atoms with Gasteiger partial charge in [0.05, 0.1) is 11.9 Å². The van der Waals surface area contributed by atoms with Gasteiger partial charge in [0.2, 0.25) is 0 Å². The van der Waals surface area contributed by atoms with Gasteiger partial charge in [-0.3, -0.25) is 9.78 Å². The van der Waals surface area contributed by atoms with Gasteiger partial charge < -0.3 is 11.1 Å². The molecule has 0 atom stereocenters. The van der Waals surface area contributed by atoms with E-state index in [4.69, 9.17) is 5.73 Å². The van der Waals surface area contributed by atoms with E-state index in [9.17, 15) is 4.79 Å². The molecule has 3 N–H and O–H groups in total. The summed E-state index contributed by atoms with van der Waals surface area (Å²) in [5, 5.41) is 2.78. The van der Waals surface area contributed by atoms with Crippen molar-refractivity contribution >= 4 is 30.7 Å². The Hall–Kier alpha value is -0.910. The summed E-state index contributed by atoms with van der Waals surface area (Å²) in [4.78, 5) is 19.6. The van der Waals surface area contributed by atoms with Crippen LogP contribution in [0, 0.1) is 6.92 Å². The molecule has 0 spiro atoms. The number of aryl methyl sites for hydroxylation is 1. The Morgan fingerprint density at radius 3 is 2.35 bits per heavy atom. The first-order valence-corrected chi connectivity index (χ1v) is 4.76. The lowest BCUT2D eigenvalue weighted by molar-refractivity contribution is 0.0910. The first-order chi connectivity index (χ1) is 6.94. The number of carbonyl (C=O) groups excluding carboxylic acids is 1. The summed E-state index contributed by atoms with van der Waals surface area (Å²) in [6.45, 7) is 5.90. The Morgan fingerprint density at radius 1 is 1.35 bits per heavy atom. The number of hydrogen-bond donors (Lipinski definition) is 2. The first-order valence-electron chi connectivity index (χ1n) is 4.76. The fraction of sp³-hybridized carbons (Fsp3) is 0.500. The SMILES string of the molecule is Cc1cnc(C(=O)NC(C)(C)CN)cn1.Cl.Cl. The predicted octanol–water partition coefficient (Wildman–Crippen LogP) is 1.10. The van der Waals surface area contributed by atoms with E-state index >= 15 is 0 Å². The lowest BCUT2D eigenvalue weighted by Gasteiger charge is -2.23. The number of carbonyl (C=O) groups is 1. The minimum absolute atomic E-state index is 0. The fourth-order valence-electron chi connectivity index (χ4n) is 0.932. The molecular formula is C10H18Cl2N4O. The molecule has 7 heteroatoms. The van der Waals surface area contributed by atoms with Crippen LogP contribution in [0.25, 0.3) is 0 Å². The minimum atomic E-state index is -0.427. The molecule has 1 aromatic heterocycles. The molecule has 0 fully saturated rings. The summed E-state index contributed by atoms with van der Waals surface area (Å²) in [5.41, 5.74) is 6.17. The van der Waals surface area contributed by atoms with Gasteiger partial charge in [-0.1, -0.05) is 0 Å². The second kappa shape index (κ2) is 7.42. The molecule has 0 radical (unpaired) electrons. The van der Waals surface area contributed by atoms with Crippen molar-refractivity contribution in [1.29, 1.82) is 0 Å². The molecule has 0 aliphatic carbocycles. The smallest absolute Gasteiger partial charge is 0.271 e.